The van der Waals surface area contributed by atoms with Gasteiger partial charge in [-0.15, -0.1) is 0 Å². The molecule has 0 N–H and O–H groups in total. The van der Waals surface area contributed by atoms with Gasteiger partial charge in [-0.05, 0) is 65.3 Å². The van der Waals surface area contributed by atoms with Crippen molar-refractivity contribution in [3.63, 3.8) is 0 Å². The minimum atomic E-state index is 0.185. The fourth-order valence-electron chi connectivity index (χ4n) is 5.61. The third kappa shape index (κ3) is 5.38. The topological polar surface area (TPSA) is 45.3 Å². The van der Waals surface area contributed by atoms with Gasteiger partial charge in [0.05, 0.1) is 6.42 Å². The Morgan fingerprint density at radius 2 is 1.92 bits per heavy atom. The first kappa shape index (κ1) is 24.1. The lowest BCUT2D eigenvalue weighted by atomic mass is 9.94. The minimum absolute atomic E-state index is 0.185. The summed E-state index contributed by atoms with van der Waals surface area (Å²) in [6, 6.07) is 10.6. The molecule has 0 bridgehead atoms. The maximum atomic E-state index is 13.5. The van der Waals surface area contributed by atoms with Crippen LogP contribution in [-0.4, -0.2) is 54.5 Å². The molecule has 0 saturated carbocycles. The van der Waals surface area contributed by atoms with Gasteiger partial charge < -0.3 is 19.3 Å². The van der Waals surface area contributed by atoms with Crippen LogP contribution in [0.25, 0.3) is 0 Å². The average Bonchev–Trinajstić information content (AvgIpc) is 3.47. The molecule has 1 unspecified atom stereocenters. The van der Waals surface area contributed by atoms with Crippen LogP contribution in [0.1, 0.15) is 30.4 Å². The number of para-hydroxylation sites is 1. The van der Waals surface area contributed by atoms with Crippen LogP contribution in [0.4, 0.5) is 5.69 Å². The molecule has 37 heavy (non-hydrogen) atoms. The van der Waals surface area contributed by atoms with Crippen molar-refractivity contribution < 1.29 is 14.3 Å². The first-order valence-corrected chi connectivity index (χ1v) is 14.2. The van der Waals surface area contributed by atoms with Crippen molar-refractivity contribution in [1.82, 2.24) is 9.80 Å². The molecular weight excluding hydrogens is 482 g/mol. The minimum Gasteiger partial charge on any atom is -0.456 e. The van der Waals surface area contributed by atoms with E-state index < -0.39 is 0 Å². The molecule has 6 nitrogen and oxygen atoms in total. The highest BCUT2D eigenvalue weighted by Crippen LogP contribution is 2.32. The lowest BCUT2D eigenvalue weighted by Crippen LogP contribution is -2.54. The van der Waals surface area contributed by atoms with Crippen molar-refractivity contribution in [3.8, 4) is 0 Å². The van der Waals surface area contributed by atoms with Crippen LogP contribution in [0.2, 0.25) is 0 Å². The molecule has 6 rings (SSSR count). The number of thiophene rings is 1. The summed E-state index contributed by atoms with van der Waals surface area (Å²) in [5, 5.41) is 4.12. The molecule has 1 saturated heterocycles. The number of allylic oxidation sites excluding steroid dienone is 4. The second-order valence-electron chi connectivity index (χ2n) is 10.0. The van der Waals surface area contributed by atoms with Gasteiger partial charge in [0.15, 0.2) is 12.0 Å². The molecule has 1 atom stereocenters. The zero-order valence-electron chi connectivity index (χ0n) is 21.1. The molecule has 1 aromatic carbocycles. The number of fused-ring (bicyclic) bond motifs is 1. The number of nitrogens with zero attached hydrogens (tertiary/aromatic N) is 3. The number of piperazine rings is 1. The van der Waals surface area contributed by atoms with Gasteiger partial charge in [0.25, 0.3) is 0 Å². The van der Waals surface area contributed by atoms with Crippen LogP contribution in [0, 0.1) is 0 Å². The van der Waals surface area contributed by atoms with Crippen LogP contribution < -0.4 is 4.90 Å². The Hall–Kier alpha value is -3.29. The van der Waals surface area contributed by atoms with Crippen molar-refractivity contribution in [3.05, 3.63) is 100 Å². The van der Waals surface area contributed by atoms with E-state index in [1.165, 1.54) is 11.1 Å². The van der Waals surface area contributed by atoms with Crippen molar-refractivity contribution in [2.24, 2.45) is 0 Å². The summed E-state index contributed by atoms with van der Waals surface area (Å²) < 4.78 is 11.9. The van der Waals surface area contributed by atoms with Crippen molar-refractivity contribution in [2.75, 3.05) is 37.6 Å². The SMILES string of the molecule is O=C(Cc1ccsc1)N1c2ccccc2CCC1CN1CCN(C2=COC(C3=CC=CCC3)=CO2)CC1. The van der Waals surface area contributed by atoms with E-state index in [0.717, 1.165) is 81.3 Å². The number of carbonyl (C=O) groups is 1. The summed E-state index contributed by atoms with van der Waals surface area (Å²) in [5.41, 5.74) is 4.63. The Morgan fingerprint density at radius 3 is 2.68 bits per heavy atom. The van der Waals surface area contributed by atoms with Gasteiger partial charge in [0.1, 0.15) is 6.26 Å². The Bertz CT molecular complexity index is 1240. The Balaban J connectivity index is 1.07. The summed E-state index contributed by atoms with van der Waals surface area (Å²) in [6.07, 6.45) is 14.3. The summed E-state index contributed by atoms with van der Waals surface area (Å²) in [5.74, 6) is 1.77. The van der Waals surface area contributed by atoms with Gasteiger partial charge in [-0.3, -0.25) is 9.69 Å². The largest absolute Gasteiger partial charge is 0.456 e. The van der Waals surface area contributed by atoms with Gasteiger partial charge in [-0.2, -0.15) is 11.3 Å². The molecule has 4 heterocycles. The van der Waals surface area contributed by atoms with Gasteiger partial charge in [-0.1, -0.05) is 36.4 Å². The van der Waals surface area contributed by atoms with E-state index >= 15 is 0 Å². The van der Waals surface area contributed by atoms with Gasteiger partial charge in [-0.25, -0.2) is 0 Å². The number of hydrogen-bond acceptors (Lipinski definition) is 6. The van der Waals surface area contributed by atoms with E-state index in [9.17, 15) is 4.79 Å². The zero-order chi connectivity index (χ0) is 25.0. The third-order valence-corrected chi connectivity index (χ3v) is 8.36. The maximum Gasteiger partial charge on any atom is 0.231 e. The average molecular weight is 516 g/mol. The molecule has 0 spiro atoms. The van der Waals surface area contributed by atoms with Crippen molar-refractivity contribution in [1.29, 1.82) is 0 Å². The molecule has 4 aliphatic rings. The zero-order valence-corrected chi connectivity index (χ0v) is 21.9. The summed E-state index contributed by atoms with van der Waals surface area (Å²) in [6.45, 7) is 4.49. The Kier molecular flexibility index (Phi) is 7.15. The molecule has 0 radical (unpaired) electrons. The quantitative estimate of drug-likeness (QED) is 0.528. The first-order chi connectivity index (χ1) is 18.2. The van der Waals surface area contributed by atoms with E-state index in [0.29, 0.717) is 6.42 Å². The van der Waals surface area contributed by atoms with E-state index in [2.05, 4.69) is 62.6 Å². The molecule has 1 fully saturated rings. The maximum absolute atomic E-state index is 13.5. The Morgan fingerprint density at radius 1 is 1.03 bits per heavy atom. The van der Waals surface area contributed by atoms with Gasteiger partial charge >= 0.3 is 0 Å². The Labute approximate surface area is 222 Å². The number of ether oxygens (including phenoxy) is 2. The third-order valence-electron chi connectivity index (χ3n) is 7.62. The number of hydrogen-bond donors (Lipinski definition) is 0. The van der Waals surface area contributed by atoms with Crippen LogP contribution >= 0.6 is 11.3 Å². The fraction of sp³-hybridized carbons (Fsp3) is 0.367. The smallest absolute Gasteiger partial charge is 0.231 e. The standard InChI is InChI=1S/C30H33N3O3S/c34-29(18-23-12-17-37-22-23)33-26(11-10-24-6-4-5-9-27(24)33)19-31-13-15-32(16-14-31)30-21-35-28(20-36-30)25-7-2-1-3-8-25/h1-2,4-7,9,12,17,20-22,26H,3,8,10-11,13-16,18-19H2. The fourth-order valence-corrected chi connectivity index (χ4v) is 6.28. The van der Waals surface area contributed by atoms with Crippen LogP contribution in [0.15, 0.2) is 89.1 Å². The van der Waals surface area contributed by atoms with Crippen LogP contribution in [-0.2, 0) is 27.1 Å². The van der Waals surface area contributed by atoms with E-state index in [-0.39, 0.29) is 11.9 Å². The van der Waals surface area contributed by atoms with E-state index in [1.807, 2.05) is 11.4 Å². The molecule has 1 amide bonds. The molecular formula is C30H33N3O3S. The number of amides is 1. The molecule has 3 aliphatic heterocycles. The first-order valence-electron chi connectivity index (χ1n) is 13.2. The van der Waals surface area contributed by atoms with E-state index in [4.69, 9.17) is 9.47 Å². The lowest BCUT2D eigenvalue weighted by Gasteiger charge is -2.42. The molecule has 192 valence electrons. The van der Waals surface area contributed by atoms with Crippen LogP contribution in [0.3, 0.4) is 0 Å². The highest BCUT2D eigenvalue weighted by Gasteiger charge is 2.33. The van der Waals surface area contributed by atoms with E-state index in [1.54, 1.807) is 23.9 Å². The summed E-state index contributed by atoms with van der Waals surface area (Å²) in [4.78, 5) is 20.4. The van der Waals surface area contributed by atoms with Crippen molar-refractivity contribution in [2.45, 2.75) is 38.1 Å². The second-order valence-corrected chi connectivity index (χ2v) is 10.8. The molecule has 7 heteroatoms. The van der Waals surface area contributed by atoms with Crippen molar-refractivity contribution >= 4 is 22.9 Å². The normalized spacial score (nSPS) is 21.8. The monoisotopic (exact) mass is 515 g/mol. The molecule has 1 aromatic heterocycles. The highest BCUT2D eigenvalue weighted by molar-refractivity contribution is 7.08. The number of anilines is 1. The number of benzene rings is 1. The van der Waals surface area contributed by atoms with Crippen LogP contribution in [0.5, 0.6) is 0 Å². The summed E-state index contributed by atoms with van der Waals surface area (Å²) in [7, 11) is 0. The lowest BCUT2D eigenvalue weighted by molar-refractivity contribution is -0.118. The number of rotatable bonds is 6. The number of aryl methyl sites for hydroxylation is 1. The summed E-state index contributed by atoms with van der Waals surface area (Å²) >= 11 is 1.65. The molecule has 1 aliphatic carbocycles. The molecule has 2 aromatic rings. The number of carbonyl (C=O) groups excluding carboxylic acids is 1. The van der Waals surface area contributed by atoms with Gasteiger partial charge in [0.2, 0.25) is 11.8 Å². The second kappa shape index (κ2) is 11.0. The predicted octanol–water partition coefficient (Wildman–Crippen LogP) is 5.22. The van der Waals surface area contributed by atoms with Gasteiger partial charge in [0, 0.05) is 44.5 Å². The predicted molar refractivity (Wildman–Crippen MR) is 147 cm³/mol. The highest BCUT2D eigenvalue weighted by atomic mass is 32.1.